The molecule has 1 atom stereocenters. The van der Waals surface area contributed by atoms with E-state index in [1.54, 1.807) is 6.92 Å². The number of benzene rings is 1. The number of aliphatic carboxylic acids is 1. The normalized spacial score (nSPS) is 25.7. The maximum atomic E-state index is 14.5. The maximum absolute atomic E-state index is 14.5. The van der Waals surface area contributed by atoms with Crippen molar-refractivity contribution in [2.45, 2.75) is 38.0 Å². The third-order valence-electron chi connectivity index (χ3n) is 5.70. The zero-order valence-electron chi connectivity index (χ0n) is 14.8. The lowest BCUT2D eigenvalue weighted by Gasteiger charge is -2.44. The Bertz CT molecular complexity index is 717. The number of rotatable bonds is 3. The van der Waals surface area contributed by atoms with Crippen molar-refractivity contribution < 1.29 is 28.2 Å². The van der Waals surface area contributed by atoms with Crippen LogP contribution in [0.1, 0.15) is 38.2 Å². The SMILES string of the molecule is CC1(C(=O)O)CCCN(C(=O)C2(c3ccc(F)cc3F)CCOCC2)C1. The summed E-state index contributed by atoms with van der Waals surface area (Å²) in [6, 6.07) is 3.27. The Balaban J connectivity index is 1.97. The lowest BCUT2D eigenvalue weighted by molar-refractivity contribution is -0.156. The second-order valence-corrected chi connectivity index (χ2v) is 7.51. The van der Waals surface area contributed by atoms with Crippen molar-refractivity contribution in [3.63, 3.8) is 0 Å². The van der Waals surface area contributed by atoms with Gasteiger partial charge < -0.3 is 14.7 Å². The minimum Gasteiger partial charge on any atom is -0.481 e. The lowest BCUT2D eigenvalue weighted by Crippen LogP contribution is -2.56. The topological polar surface area (TPSA) is 66.8 Å². The minimum atomic E-state index is -1.15. The third kappa shape index (κ3) is 3.20. The summed E-state index contributed by atoms with van der Waals surface area (Å²) in [5.74, 6) is -2.68. The van der Waals surface area contributed by atoms with Crippen molar-refractivity contribution in [2.24, 2.45) is 5.41 Å². The number of likely N-dealkylation sites (tertiary alicyclic amines) is 1. The monoisotopic (exact) mass is 367 g/mol. The number of carboxylic acids is 1. The van der Waals surface area contributed by atoms with Crippen LogP contribution >= 0.6 is 0 Å². The molecular formula is C19H23F2NO4. The van der Waals surface area contributed by atoms with Crippen LogP contribution in [-0.4, -0.2) is 48.2 Å². The highest BCUT2D eigenvalue weighted by Gasteiger charge is 2.48. The van der Waals surface area contributed by atoms with Gasteiger partial charge in [-0.05, 0) is 38.7 Å². The van der Waals surface area contributed by atoms with Crippen molar-refractivity contribution in [2.75, 3.05) is 26.3 Å². The van der Waals surface area contributed by atoms with Gasteiger partial charge in [0.25, 0.3) is 0 Å². The fourth-order valence-corrected chi connectivity index (χ4v) is 4.09. The summed E-state index contributed by atoms with van der Waals surface area (Å²) in [7, 11) is 0. The molecule has 1 amide bonds. The average molecular weight is 367 g/mol. The van der Waals surface area contributed by atoms with E-state index in [0.29, 0.717) is 32.6 Å². The van der Waals surface area contributed by atoms with Crippen LogP contribution in [0.2, 0.25) is 0 Å². The lowest BCUT2D eigenvalue weighted by atomic mass is 9.71. The van der Waals surface area contributed by atoms with E-state index in [2.05, 4.69) is 0 Å². The van der Waals surface area contributed by atoms with E-state index in [1.807, 2.05) is 0 Å². The quantitative estimate of drug-likeness (QED) is 0.892. The number of halogens is 2. The summed E-state index contributed by atoms with van der Waals surface area (Å²) in [5, 5.41) is 9.50. The standard InChI is InChI=1S/C19H23F2NO4/c1-18(17(24)25)5-2-8-22(12-18)16(23)19(6-9-26-10-7-19)14-4-3-13(20)11-15(14)21/h3-4,11H,2,5-10,12H2,1H3,(H,24,25). The van der Waals surface area contributed by atoms with Gasteiger partial charge in [0.05, 0.1) is 10.8 Å². The van der Waals surface area contributed by atoms with E-state index in [1.165, 1.54) is 11.0 Å². The summed E-state index contributed by atoms with van der Waals surface area (Å²) in [6.07, 6.45) is 1.64. The highest BCUT2D eigenvalue weighted by atomic mass is 19.1. The first-order valence-electron chi connectivity index (χ1n) is 8.85. The highest BCUT2D eigenvalue weighted by molar-refractivity contribution is 5.89. The van der Waals surface area contributed by atoms with Crippen LogP contribution in [0.4, 0.5) is 8.78 Å². The zero-order chi connectivity index (χ0) is 18.9. The third-order valence-corrected chi connectivity index (χ3v) is 5.70. The molecule has 1 unspecified atom stereocenters. The molecule has 0 bridgehead atoms. The van der Waals surface area contributed by atoms with E-state index in [4.69, 9.17) is 4.74 Å². The maximum Gasteiger partial charge on any atom is 0.311 e. The zero-order valence-corrected chi connectivity index (χ0v) is 14.8. The van der Waals surface area contributed by atoms with Crippen LogP contribution < -0.4 is 0 Å². The number of ether oxygens (including phenoxy) is 1. The Labute approximate surface area is 150 Å². The van der Waals surface area contributed by atoms with Gasteiger partial charge in [0, 0.05) is 37.9 Å². The molecule has 0 aliphatic carbocycles. The summed E-state index contributed by atoms with van der Waals surface area (Å²) in [5.41, 5.74) is -2.00. The van der Waals surface area contributed by atoms with E-state index in [9.17, 15) is 23.5 Å². The van der Waals surface area contributed by atoms with Crippen LogP contribution in [-0.2, 0) is 19.7 Å². The Hall–Kier alpha value is -2.02. The van der Waals surface area contributed by atoms with Crippen LogP contribution in [0.15, 0.2) is 18.2 Å². The summed E-state index contributed by atoms with van der Waals surface area (Å²) < 4.78 is 33.3. The molecule has 7 heteroatoms. The molecule has 2 aliphatic heterocycles. The van der Waals surface area contributed by atoms with Crippen LogP contribution in [0, 0.1) is 17.0 Å². The number of nitrogens with zero attached hydrogens (tertiary/aromatic N) is 1. The molecule has 1 aromatic carbocycles. The fraction of sp³-hybridized carbons (Fsp3) is 0.579. The second kappa shape index (κ2) is 6.95. The average Bonchev–Trinajstić information content (AvgIpc) is 2.61. The van der Waals surface area contributed by atoms with Crippen LogP contribution in [0.25, 0.3) is 0 Å². The number of carbonyl (C=O) groups is 2. The van der Waals surface area contributed by atoms with Gasteiger partial charge in [-0.15, -0.1) is 0 Å². The van der Waals surface area contributed by atoms with Gasteiger partial charge in [-0.1, -0.05) is 6.07 Å². The molecule has 2 heterocycles. The van der Waals surface area contributed by atoms with E-state index < -0.39 is 28.4 Å². The van der Waals surface area contributed by atoms with Gasteiger partial charge in [0.2, 0.25) is 5.91 Å². The second-order valence-electron chi connectivity index (χ2n) is 7.51. The number of piperidine rings is 1. The van der Waals surface area contributed by atoms with Gasteiger partial charge in [-0.3, -0.25) is 9.59 Å². The fourth-order valence-electron chi connectivity index (χ4n) is 4.09. The molecule has 1 N–H and O–H groups in total. The number of carbonyl (C=O) groups excluding carboxylic acids is 1. The molecule has 2 fully saturated rings. The van der Waals surface area contributed by atoms with Crippen molar-refractivity contribution in [3.05, 3.63) is 35.4 Å². The molecule has 2 saturated heterocycles. The molecule has 2 aliphatic rings. The van der Waals surface area contributed by atoms with Gasteiger partial charge >= 0.3 is 5.97 Å². The van der Waals surface area contributed by atoms with Gasteiger partial charge in [-0.2, -0.15) is 0 Å². The smallest absolute Gasteiger partial charge is 0.311 e. The highest BCUT2D eigenvalue weighted by Crippen LogP contribution is 2.40. The number of hydrogen-bond acceptors (Lipinski definition) is 3. The molecule has 0 spiro atoms. The summed E-state index contributed by atoms with van der Waals surface area (Å²) in [6.45, 7) is 2.75. The number of hydrogen-bond donors (Lipinski definition) is 1. The van der Waals surface area contributed by atoms with Gasteiger partial charge in [0.1, 0.15) is 11.6 Å². The molecule has 142 valence electrons. The predicted molar refractivity (Wildman–Crippen MR) is 89.6 cm³/mol. The first-order valence-corrected chi connectivity index (χ1v) is 8.85. The molecular weight excluding hydrogens is 344 g/mol. The van der Waals surface area contributed by atoms with Crippen molar-refractivity contribution >= 4 is 11.9 Å². The Kier molecular flexibility index (Phi) is 5.01. The van der Waals surface area contributed by atoms with E-state index in [-0.39, 0.29) is 30.9 Å². The first kappa shape index (κ1) is 18.8. The molecule has 1 aromatic rings. The Morgan fingerprint density at radius 3 is 2.50 bits per heavy atom. The molecule has 3 rings (SSSR count). The summed E-state index contributed by atoms with van der Waals surface area (Å²) >= 11 is 0. The van der Waals surface area contributed by atoms with Crippen molar-refractivity contribution in [3.8, 4) is 0 Å². The summed E-state index contributed by atoms with van der Waals surface area (Å²) in [4.78, 5) is 26.6. The largest absolute Gasteiger partial charge is 0.481 e. The molecule has 0 radical (unpaired) electrons. The van der Waals surface area contributed by atoms with Gasteiger partial charge in [-0.25, -0.2) is 8.78 Å². The number of carboxylic acid groups (broad SMARTS) is 1. The van der Waals surface area contributed by atoms with E-state index >= 15 is 0 Å². The molecule has 0 saturated carbocycles. The molecule has 5 nitrogen and oxygen atoms in total. The Morgan fingerprint density at radius 1 is 1.19 bits per heavy atom. The predicted octanol–water partition coefficient (Wildman–Crippen LogP) is 2.73. The molecule has 0 aromatic heterocycles. The van der Waals surface area contributed by atoms with Crippen LogP contribution in [0.3, 0.4) is 0 Å². The van der Waals surface area contributed by atoms with Crippen LogP contribution in [0.5, 0.6) is 0 Å². The number of amides is 1. The Morgan fingerprint density at radius 2 is 1.88 bits per heavy atom. The first-order chi connectivity index (χ1) is 12.3. The van der Waals surface area contributed by atoms with E-state index in [0.717, 1.165) is 12.1 Å². The van der Waals surface area contributed by atoms with Crippen molar-refractivity contribution in [1.29, 1.82) is 0 Å². The minimum absolute atomic E-state index is 0.0899. The van der Waals surface area contributed by atoms with Gasteiger partial charge in [0.15, 0.2) is 0 Å². The van der Waals surface area contributed by atoms with Crippen molar-refractivity contribution in [1.82, 2.24) is 4.90 Å². The molecule has 26 heavy (non-hydrogen) atoms.